The molecule has 80 valence electrons. The molecule has 0 N–H and O–H groups in total. The molecule has 0 aliphatic carbocycles. The van der Waals surface area contributed by atoms with Crippen molar-refractivity contribution in [2.75, 3.05) is 19.8 Å². The van der Waals surface area contributed by atoms with E-state index in [1.807, 2.05) is 0 Å². The van der Waals surface area contributed by atoms with Crippen molar-refractivity contribution in [3.8, 4) is 0 Å². The van der Waals surface area contributed by atoms with Crippen molar-refractivity contribution in [3.63, 3.8) is 0 Å². The molecule has 0 amide bonds. The largest absolute Gasteiger partial charge is 0.465 e. The molecular weight excluding hydrogens is 184 g/mol. The summed E-state index contributed by atoms with van der Waals surface area (Å²) in [6.45, 7) is 3.30. The van der Waals surface area contributed by atoms with Crippen LogP contribution >= 0.6 is 0 Å². The number of hydrogen-bond donors (Lipinski definition) is 0. The fourth-order valence-corrected chi connectivity index (χ4v) is 1.38. The molecule has 1 aliphatic heterocycles. The summed E-state index contributed by atoms with van der Waals surface area (Å²) in [5.41, 5.74) is 0. The molecular formula is C10H16O4. The van der Waals surface area contributed by atoms with E-state index >= 15 is 0 Å². The Labute approximate surface area is 83.6 Å². The molecule has 0 spiro atoms. The van der Waals surface area contributed by atoms with Crippen molar-refractivity contribution in [3.05, 3.63) is 0 Å². The Morgan fingerprint density at radius 3 is 2.57 bits per heavy atom. The molecule has 1 fully saturated rings. The van der Waals surface area contributed by atoms with Gasteiger partial charge in [0.05, 0.1) is 6.61 Å². The second-order valence-electron chi connectivity index (χ2n) is 3.62. The smallest absolute Gasteiger partial charge is 0.313 e. The maximum Gasteiger partial charge on any atom is 0.313 e. The highest BCUT2D eigenvalue weighted by molar-refractivity contribution is 5.94. The highest BCUT2D eigenvalue weighted by atomic mass is 16.5. The lowest BCUT2D eigenvalue weighted by molar-refractivity contribution is -0.147. The fraction of sp³-hybridized carbons (Fsp3) is 0.800. The predicted molar refractivity (Wildman–Crippen MR) is 49.8 cm³/mol. The van der Waals surface area contributed by atoms with E-state index in [2.05, 4.69) is 0 Å². The number of ketones is 1. The van der Waals surface area contributed by atoms with Crippen LogP contribution in [0.5, 0.6) is 0 Å². The summed E-state index contributed by atoms with van der Waals surface area (Å²) >= 11 is 0. The van der Waals surface area contributed by atoms with Crippen LogP contribution in [0.15, 0.2) is 0 Å². The van der Waals surface area contributed by atoms with Gasteiger partial charge in [0.25, 0.3) is 0 Å². The molecule has 0 unspecified atom stereocenters. The van der Waals surface area contributed by atoms with Crippen LogP contribution in [0.1, 0.15) is 26.2 Å². The standard InChI is InChI=1S/C10H16O4/c1-8(11)6-10(12)14-7-9-2-4-13-5-3-9/h9H,2-7H2,1H3. The van der Waals surface area contributed by atoms with E-state index in [9.17, 15) is 9.59 Å². The average Bonchev–Trinajstić information content (AvgIpc) is 2.15. The van der Waals surface area contributed by atoms with Gasteiger partial charge >= 0.3 is 5.97 Å². The molecule has 1 aliphatic rings. The topological polar surface area (TPSA) is 52.6 Å². The van der Waals surface area contributed by atoms with Crippen LogP contribution < -0.4 is 0 Å². The number of Topliss-reactive ketones (excluding diaryl/α,β-unsaturated/α-hetero) is 1. The monoisotopic (exact) mass is 200 g/mol. The lowest BCUT2D eigenvalue weighted by Gasteiger charge is -2.21. The van der Waals surface area contributed by atoms with Gasteiger partial charge in [0.2, 0.25) is 0 Å². The van der Waals surface area contributed by atoms with Crippen molar-refractivity contribution >= 4 is 11.8 Å². The fourth-order valence-electron chi connectivity index (χ4n) is 1.38. The van der Waals surface area contributed by atoms with E-state index in [1.54, 1.807) is 0 Å². The molecule has 0 bridgehead atoms. The minimum atomic E-state index is -0.413. The van der Waals surface area contributed by atoms with Gasteiger partial charge in [-0.25, -0.2) is 0 Å². The highest BCUT2D eigenvalue weighted by Gasteiger charge is 2.16. The maximum atomic E-state index is 11.0. The predicted octanol–water partition coefficient (Wildman–Crippen LogP) is 0.935. The summed E-state index contributed by atoms with van der Waals surface area (Å²) in [6, 6.07) is 0. The first-order chi connectivity index (χ1) is 6.68. The molecule has 4 nitrogen and oxygen atoms in total. The Balaban J connectivity index is 2.12. The number of rotatable bonds is 4. The average molecular weight is 200 g/mol. The molecule has 0 aromatic heterocycles. The zero-order valence-electron chi connectivity index (χ0n) is 8.45. The van der Waals surface area contributed by atoms with Crippen LogP contribution in [-0.4, -0.2) is 31.6 Å². The molecule has 0 aromatic rings. The Morgan fingerprint density at radius 2 is 2.00 bits per heavy atom. The Bertz CT molecular complexity index is 206. The van der Waals surface area contributed by atoms with E-state index in [1.165, 1.54) is 6.92 Å². The molecule has 1 rings (SSSR count). The van der Waals surface area contributed by atoms with Gasteiger partial charge < -0.3 is 9.47 Å². The normalized spacial score (nSPS) is 17.8. The third-order valence-corrected chi connectivity index (χ3v) is 2.21. The van der Waals surface area contributed by atoms with E-state index in [4.69, 9.17) is 9.47 Å². The number of ether oxygens (including phenoxy) is 2. The van der Waals surface area contributed by atoms with Gasteiger partial charge in [0.1, 0.15) is 12.2 Å². The Kier molecular flexibility index (Phi) is 4.59. The summed E-state index contributed by atoms with van der Waals surface area (Å²) in [7, 11) is 0. The zero-order valence-corrected chi connectivity index (χ0v) is 8.45. The minimum Gasteiger partial charge on any atom is -0.465 e. The molecule has 0 atom stereocenters. The van der Waals surface area contributed by atoms with Crippen LogP contribution in [0.3, 0.4) is 0 Å². The van der Waals surface area contributed by atoms with Crippen molar-refractivity contribution in [1.29, 1.82) is 0 Å². The summed E-state index contributed by atoms with van der Waals surface area (Å²) in [6.07, 6.45) is 1.77. The molecule has 4 heteroatoms. The van der Waals surface area contributed by atoms with Gasteiger partial charge in [0.15, 0.2) is 0 Å². The van der Waals surface area contributed by atoms with Gasteiger partial charge in [-0.15, -0.1) is 0 Å². The summed E-state index contributed by atoms with van der Waals surface area (Å²) < 4.78 is 10.2. The summed E-state index contributed by atoms with van der Waals surface area (Å²) in [4.78, 5) is 21.6. The van der Waals surface area contributed by atoms with Crippen LogP contribution in [-0.2, 0) is 19.1 Å². The molecule has 0 radical (unpaired) electrons. The van der Waals surface area contributed by atoms with E-state index in [0.717, 1.165) is 26.1 Å². The number of carbonyl (C=O) groups is 2. The van der Waals surface area contributed by atoms with Gasteiger partial charge in [0, 0.05) is 13.2 Å². The van der Waals surface area contributed by atoms with E-state index < -0.39 is 5.97 Å². The summed E-state index contributed by atoms with van der Waals surface area (Å²) in [5, 5.41) is 0. The number of esters is 1. The van der Waals surface area contributed by atoms with Crippen LogP contribution in [0, 0.1) is 5.92 Å². The van der Waals surface area contributed by atoms with Crippen LogP contribution in [0.2, 0.25) is 0 Å². The van der Waals surface area contributed by atoms with E-state index in [0.29, 0.717) is 12.5 Å². The van der Waals surface area contributed by atoms with Crippen molar-refractivity contribution in [2.45, 2.75) is 26.2 Å². The van der Waals surface area contributed by atoms with Gasteiger partial charge in [-0.2, -0.15) is 0 Å². The molecule has 0 aromatic carbocycles. The van der Waals surface area contributed by atoms with Gasteiger partial charge in [-0.05, 0) is 25.7 Å². The zero-order chi connectivity index (χ0) is 10.4. The summed E-state index contributed by atoms with van der Waals surface area (Å²) in [5.74, 6) is -0.161. The van der Waals surface area contributed by atoms with Crippen LogP contribution in [0.25, 0.3) is 0 Å². The van der Waals surface area contributed by atoms with Gasteiger partial charge in [-0.1, -0.05) is 0 Å². The quantitative estimate of drug-likeness (QED) is 0.500. The molecule has 1 heterocycles. The third kappa shape index (κ3) is 4.37. The first kappa shape index (κ1) is 11.2. The second kappa shape index (κ2) is 5.75. The lowest BCUT2D eigenvalue weighted by atomic mass is 10.0. The lowest BCUT2D eigenvalue weighted by Crippen LogP contribution is -2.22. The maximum absolute atomic E-state index is 11.0. The Hall–Kier alpha value is -0.900. The Morgan fingerprint density at radius 1 is 1.36 bits per heavy atom. The SMILES string of the molecule is CC(=O)CC(=O)OCC1CCOCC1. The van der Waals surface area contributed by atoms with Gasteiger partial charge in [-0.3, -0.25) is 9.59 Å². The minimum absolute atomic E-state index is 0.108. The number of hydrogen-bond acceptors (Lipinski definition) is 4. The molecule has 1 saturated heterocycles. The van der Waals surface area contributed by atoms with Crippen molar-refractivity contribution in [2.24, 2.45) is 5.92 Å². The number of carbonyl (C=O) groups excluding carboxylic acids is 2. The molecule has 14 heavy (non-hydrogen) atoms. The van der Waals surface area contributed by atoms with Crippen LogP contribution in [0.4, 0.5) is 0 Å². The second-order valence-corrected chi connectivity index (χ2v) is 3.62. The third-order valence-electron chi connectivity index (χ3n) is 2.21. The van der Waals surface area contributed by atoms with Crippen molar-refractivity contribution in [1.82, 2.24) is 0 Å². The highest BCUT2D eigenvalue weighted by Crippen LogP contribution is 2.14. The van der Waals surface area contributed by atoms with Crippen molar-refractivity contribution < 1.29 is 19.1 Å². The van der Waals surface area contributed by atoms with E-state index in [-0.39, 0.29) is 12.2 Å². The molecule has 0 saturated carbocycles. The first-order valence-electron chi connectivity index (χ1n) is 4.91. The first-order valence-corrected chi connectivity index (χ1v) is 4.91.